The Balaban J connectivity index is 1.95. The van der Waals surface area contributed by atoms with Gasteiger partial charge in [0.05, 0.1) is 24.6 Å². The molecule has 1 aliphatic rings. The number of anilines is 1. The van der Waals surface area contributed by atoms with Crippen molar-refractivity contribution in [2.75, 3.05) is 24.2 Å². The van der Waals surface area contributed by atoms with Crippen LogP contribution in [-0.4, -0.2) is 45.9 Å². The molecule has 1 aliphatic heterocycles. The Morgan fingerprint density at radius 2 is 2.23 bits per heavy atom. The van der Waals surface area contributed by atoms with Gasteiger partial charge in [-0.2, -0.15) is 0 Å². The summed E-state index contributed by atoms with van der Waals surface area (Å²) in [5, 5.41) is 3.09. The maximum atomic E-state index is 11.7. The Morgan fingerprint density at radius 3 is 2.91 bits per heavy atom. The molecule has 0 aromatic carbocycles. The topological polar surface area (TPSA) is 88.6 Å². The van der Waals surface area contributed by atoms with Crippen LogP contribution >= 0.6 is 23.1 Å². The summed E-state index contributed by atoms with van der Waals surface area (Å²) in [7, 11) is 0. The highest BCUT2D eigenvalue weighted by molar-refractivity contribution is 8.14. The van der Waals surface area contributed by atoms with Gasteiger partial charge in [0, 0.05) is 24.8 Å². The van der Waals surface area contributed by atoms with Gasteiger partial charge in [-0.3, -0.25) is 9.59 Å². The third kappa shape index (κ3) is 4.44. The zero-order valence-corrected chi connectivity index (χ0v) is 14.0. The molecule has 1 aromatic heterocycles. The predicted octanol–water partition coefficient (Wildman–Crippen LogP) is 1.88. The highest BCUT2D eigenvalue weighted by atomic mass is 32.2. The third-order valence-electron chi connectivity index (χ3n) is 2.91. The third-order valence-corrected chi connectivity index (χ3v) is 4.72. The van der Waals surface area contributed by atoms with Gasteiger partial charge in [0.2, 0.25) is 5.91 Å². The van der Waals surface area contributed by atoms with Crippen molar-refractivity contribution in [3.63, 3.8) is 0 Å². The molecule has 0 atom stereocenters. The van der Waals surface area contributed by atoms with Crippen LogP contribution in [-0.2, 0) is 27.3 Å². The number of carbonyl (C=O) groups is 3. The average Bonchev–Trinajstić information content (AvgIpc) is 2.86. The predicted molar refractivity (Wildman–Crippen MR) is 85.0 cm³/mol. The van der Waals surface area contributed by atoms with Gasteiger partial charge in [-0.05, 0) is 6.92 Å². The maximum Gasteiger partial charge on any atom is 0.410 e. The van der Waals surface area contributed by atoms with E-state index in [1.54, 1.807) is 11.8 Å². The van der Waals surface area contributed by atoms with E-state index in [4.69, 9.17) is 4.74 Å². The van der Waals surface area contributed by atoms with Gasteiger partial charge in [-0.25, -0.2) is 9.78 Å². The number of carbonyl (C=O) groups excluding carboxylic acids is 3. The minimum Gasteiger partial charge on any atom is -0.450 e. The van der Waals surface area contributed by atoms with Crippen molar-refractivity contribution in [2.24, 2.45) is 0 Å². The van der Waals surface area contributed by atoms with E-state index in [-0.39, 0.29) is 22.9 Å². The van der Waals surface area contributed by atoms with Crippen LogP contribution in [0.3, 0.4) is 0 Å². The van der Waals surface area contributed by atoms with E-state index in [0.717, 1.165) is 22.3 Å². The first kappa shape index (κ1) is 16.8. The molecule has 1 aromatic rings. The summed E-state index contributed by atoms with van der Waals surface area (Å²) in [5.74, 6) is -0.178. The zero-order chi connectivity index (χ0) is 16.1. The number of ether oxygens (including phenoxy) is 1. The summed E-state index contributed by atoms with van der Waals surface area (Å²) in [6.45, 7) is 4.55. The first-order valence-corrected chi connectivity index (χ1v) is 8.63. The van der Waals surface area contributed by atoms with Crippen molar-refractivity contribution >= 4 is 45.3 Å². The van der Waals surface area contributed by atoms with Gasteiger partial charge in [-0.15, -0.1) is 0 Å². The largest absolute Gasteiger partial charge is 0.450 e. The van der Waals surface area contributed by atoms with Crippen molar-refractivity contribution in [1.82, 2.24) is 9.88 Å². The first-order chi connectivity index (χ1) is 10.5. The molecule has 0 saturated carbocycles. The molecule has 120 valence electrons. The number of thioether (sulfide) groups is 1. The fourth-order valence-electron chi connectivity index (χ4n) is 1.94. The van der Waals surface area contributed by atoms with Crippen LogP contribution in [0.5, 0.6) is 0 Å². The average molecular weight is 343 g/mol. The Hall–Kier alpha value is -1.61. The SMILES string of the molecule is CCOC(=O)N1CCc2nc(NC(=O)CSC(C)=O)sc2C1. The van der Waals surface area contributed by atoms with Gasteiger partial charge < -0.3 is 15.0 Å². The van der Waals surface area contributed by atoms with Crippen LogP contribution < -0.4 is 5.32 Å². The Bertz CT molecular complexity index is 588. The number of aromatic nitrogens is 1. The second-order valence-corrected chi connectivity index (χ2v) is 6.82. The lowest BCUT2D eigenvalue weighted by molar-refractivity contribution is -0.114. The normalized spacial score (nSPS) is 13.5. The van der Waals surface area contributed by atoms with Crippen molar-refractivity contribution in [1.29, 1.82) is 0 Å². The quantitative estimate of drug-likeness (QED) is 0.898. The summed E-state index contributed by atoms with van der Waals surface area (Å²) >= 11 is 2.31. The molecule has 0 saturated heterocycles. The Labute approximate surface area is 136 Å². The van der Waals surface area contributed by atoms with Gasteiger partial charge in [0.25, 0.3) is 0 Å². The van der Waals surface area contributed by atoms with Gasteiger partial charge >= 0.3 is 6.09 Å². The molecule has 0 bridgehead atoms. The van der Waals surface area contributed by atoms with Crippen molar-refractivity contribution in [2.45, 2.75) is 26.8 Å². The van der Waals surface area contributed by atoms with Crippen LogP contribution in [0.25, 0.3) is 0 Å². The molecule has 0 aliphatic carbocycles. The molecule has 2 heterocycles. The van der Waals surface area contributed by atoms with Gasteiger partial charge in [-0.1, -0.05) is 23.1 Å². The molecule has 22 heavy (non-hydrogen) atoms. The van der Waals surface area contributed by atoms with E-state index >= 15 is 0 Å². The van der Waals surface area contributed by atoms with Crippen LogP contribution in [0.4, 0.5) is 9.93 Å². The number of rotatable bonds is 4. The molecule has 9 heteroatoms. The Morgan fingerprint density at radius 1 is 1.45 bits per heavy atom. The number of amides is 2. The standard InChI is InChI=1S/C13H17N3O4S2/c1-3-20-13(19)16-5-4-9-10(6-16)22-12(14-9)15-11(18)7-21-8(2)17/h3-7H2,1-2H3,(H,14,15,18). The fourth-order valence-corrected chi connectivity index (χ4v) is 3.39. The fraction of sp³-hybridized carbons (Fsp3) is 0.538. The lowest BCUT2D eigenvalue weighted by Gasteiger charge is -2.24. The highest BCUT2D eigenvalue weighted by Gasteiger charge is 2.25. The number of thiazole rings is 1. The zero-order valence-electron chi connectivity index (χ0n) is 12.4. The smallest absolute Gasteiger partial charge is 0.410 e. The van der Waals surface area contributed by atoms with Gasteiger partial charge in [0.15, 0.2) is 10.2 Å². The van der Waals surface area contributed by atoms with Crippen LogP contribution in [0.1, 0.15) is 24.4 Å². The van der Waals surface area contributed by atoms with E-state index in [1.165, 1.54) is 18.3 Å². The second-order valence-electron chi connectivity index (χ2n) is 4.59. The van der Waals surface area contributed by atoms with Crippen molar-refractivity contribution < 1.29 is 19.1 Å². The number of hydrogen-bond acceptors (Lipinski definition) is 7. The molecule has 2 rings (SSSR count). The van der Waals surface area contributed by atoms with Crippen LogP contribution in [0.2, 0.25) is 0 Å². The van der Waals surface area contributed by atoms with E-state index in [2.05, 4.69) is 10.3 Å². The molecular weight excluding hydrogens is 326 g/mol. The number of fused-ring (bicyclic) bond motifs is 1. The van der Waals surface area contributed by atoms with E-state index in [0.29, 0.717) is 31.2 Å². The molecule has 7 nitrogen and oxygen atoms in total. The van der Waals surface area contributed by atoms with Crippen molar-refractivity contribution in [3.8, 4) is 0 Å². The van der Waals surface area contributed by atoms with E-state index in [9.17, 15) is 14.4 Å². The molecule has 1 N–H and O–H groups in total. The number of nitrogens with one attached hydrogen (secondary N) is 1. The van der Waals surface area contributed by atoms with Crippen LogP contribution in [0, 0.1) is 0 Å². The maximum absolute atomic E-state index is 11.7. The highest BCUT2D eigenvalue weighted by Crippen LogP contribution is 2.28. The summed E-state index contributed by atoms with van der Waals surface area (Å²) < 4.78 is 4.99. The molecule has 0 unspecified atom stereocenters. The Kier molecular flexibility index (Phi) is 5.78. The summed E-state index contributed by atoms with van der Waals surface area (Å²) in [4.78, 5) is 41.2. The van der Waals surface area contributed by atoms with Crippen molar-refractivity contribution in [3.05, 3.63) is 10.6 Å². The summed E-state index contributed by atoms with van der Waals surface area (Å²) in [5.41, 5.74) is 0.903. The second kappa shape index (κ2) is 7.59. The molecule has 0 fully saturated rings. The first-order valence-electron chi connectivity index (χ1n) is 6.83. The van der Waals surface area contributed by atoms with E-state index < -0.39 is 0 Å². The molecule has 0 radical (unpaired) electrons. The lowest BCUT2D eigenvalue weighted by atomic mass is 10.2. The summed E-state index contributed by atoms with van der Waals surface area (Å²) in [6, 6.07) is 0. The molecule has 2 amide bonds. The number of nitrogens with zero attached hydrogens (tertiary/aromatic N) is 2. The summed E-state index contributed by atoms with van der Waals surface area (Å²) in [6.07, 6.45) is 0.313. The number of hydrogen-bond donors (Lipinski definition) is 1. The van der Waals surface area contributed by atoms with E-state index in [1.807, 2.05) is 0 Å². The monoisotopic (exact) mass is 343 g/mol. The minimum absolute atomic E-state index is 0.0779. The molecule has 0 spiro atoms. The van der Waals surface area contributed by atoms with Crippen LogP contribution in [0.15, 0.2) is 0 Å². The minimum atomic E-state index is -0.329. The molecular formula is C13H17N3O4S2. The van der Waals surface area contributed by atoms with Gasteiger partial charge in [0.1, 0.15) is 0 Å². The lowest BCUT2D eigenvalue weighted by Crippen LogP contribution is -2.35.